The highest BCUT2D eigenvalue weighted by molar-refractivity contribution is 7.15. The quantitative estimate of drug-likeness (QED) is 0.940. The van der Waals surface area contributed by atoms with Crippen LogP contribution in [0, 0.1) is 5.92 Å². The SMILES string of the molecule is CC1CCN(c2nc3sccn3c2CNC2CC2)CC1. The molecule has 108 valence electrons. The molecule has 1 N–H and O–H groups in total. The highest BCUT2D eigenvalue weighted by Gasteiger charge is 2.25. The Labute approximate surface area is 123 Å². The summed E-state index contributed by atoms with van der Waals surface area (Å²) < 4.78 is 2.27. The van der Waals surface area contributed by atoms with E-state index in [1.807, 2.05) is 0 Å². The molecule has 1 saturated heterocycles. The van der Waals surface area contributed by atoms with Gasteiger partial charge in [0.25, 0.3) is 0 Å². The second-order valence-electron chi connectivity index (χ2n) is 6.26. The van der Waals surface area contributed by atoms with Crippen molar-refractivity contribution in [2.75, 3.05) is 18.0 Å². The largest absolute Gasteiger partial charge is 0.355 e. The zero-order chi connectivity index (χ0) is 13.5. The number of imidazole rings is 1. The van der Waals surface area contributed by atoms with Crippen molar-refractivity contribution < 1.29 is 0 Å². The minimum absolute atomic E-state index is 0.744. The number of nitrogens with one attached hydrogen (secondary N) is 1. The molecule has 0 radical (unpaired) electrons. The maximum atomic E-state index is 4.89. The molecule has 5 heteroatoms. The predicted molar refractivity (Wildman–Crippen MR) is 83.5 cm³/mol. The minimum Gasteiger partial charge on any atom is -0.355 e. The van der Waals surface area contributed by atoms with Gasteiger partial charge in [0.05, 0.1) is 5.69 Å². The number of aromatic nitrogens is 2. The highest BCUT2D eigenvalue weighted by Crippen LogP contribution is 2.29. The van der Waals surface area contributed by atoms with E-state index >= 15 is 0 Å². The molecular formula is C15H22N4S. The van der Waals surface area contributed by atoms with Gasteiger partial charge in [-0.2, -0.15) is 0 Å². The Hall–Kier alpha value is -1.07. The molecule has 1 aliphatic heterocycles. The fraction of sp³-hybridized carbons (Fsp3) is 0.667. The summed E-state index contributed by atoms with van der Waals surface area (Å²) in [6, 6.07) is 0.744. The minimum atomic E-state index is 0.744. The van der Waals surface area contributed by atoms with Crippen LogP contribution in [0.25, 0.3) is 4.96 Å². The Bertz CT molecular complexity index is 590. The lowest BCUT2D eigenvalue weighted by atomic mass is 9.99. The maximum Gasteiger partial charge on any atom is 0.195 e. The number of anilines is 1. The lowest BCUT2D eigenvalue weighted by Gasteiger charge is -2.31. The molecule has 4 nitrogen and oxygen atoms in total. The van der Waals surface area contributed by atoms with E-state index in [-0.39, 0.29) is 0 Å². The van der Waals surface area contributed by atoms with Gasteiger partial charge in [-0.15, -0.1) is 11.3 Å². The number of piperidine rings is 1. The van der Waals surface area contributed by atoms with Crippen LogP contribution in [0.5, 0.6) is 0 Å². The summed E-state index contributed by atoms with van der Waals surface area (Å²) in [6.45, 7) is 5.62. The Morgan fingerprint density at radius 2 is 2.10 bits per heavy atom. The second kappa shape index (κ2) is 5.04. The zero-order valence-electron chi connectivity index (χ0n) is 12.0. The average Bonchev–Trinajstić information content (AvgIpc) is 3.05. The molecule has 0 unspecified atom stereocenters. The lowest BCUT2D eigenvalue weighted by Crippen LogP contribution is -2.34. The van der Waals surface area contributed by atoms with Gasteiger partial charge in [0.15, 0.2) is 10.8 Å². The van der Waals surface area contributed by atoms with Crippen molar-refractivity contribution in [2.24, 2.45) is 5.92 Å². The van der Waals surface area contributed by atoms with Crippen LogP contribution in [-0.4, -0.2) is 28.5 Å². The summed E-state index contributed by atoms with van der Waals surface area (Å²) in [5.74, 6) is 2.08. The Balaban J connectivity index is 1.62. The van der Waals surface area contributed by atoms with E-state index in [0.29, 0.717) is 0 Å². The number of hydrogen-bond donors (Lipinski definition) is 1. The van der Waals surface area contributed by atoms with Gasteiger partial charge in [-0.1, -0.05) is 6.92 Å². The summed E-state index contributed by atoms with van der Waals surface area (Å²) in [7, 11) is 0. The van der Waals surface area contributed by atoms with Crippen LogP contribution < -0.4 is 10.2 Å². The number of nitrogens with zero attached hydrogens (tertiary/aromatic N) is 3. The number of fused-ring (bicyclic) bond motifs is 1. The molecule has 2 fully saturated rings. The maximum absolute atomic E-state index is 4.89. The molecule has 0 atom stereocenters. The molecule has 0 aromatic carbocycles. The van der Waals surface area contributed by atoms with Crippen LogP contribution >= 0.6 is 11.3 Å². The molecule has 2 aromatic rings. The van der Waals surface area contributed by atoms with E-state index in [1.54, 1.807) is 11.3 Å². The summed E-state index contributed by atoms with van der Waals surface area (Å²) >= 11 is 1.73. The van der Waals surface area contributed by atoms with Crippen LogP contribution in [0.2, 0.25) is 0 Å². The number of thiazole rings is 1. The van der Waals surface area contributed by atoms with Gasteiger partial charge in [-0.3, -0.25) is 4.40 Å². The first-order valence-corrected chi connectivity index (χ1v) is 8.62. The fourth-order valence-corrected chi connectivity index (χ4v) is 3.72. The fourth-order valence-electron chi connectivity index (χ4n) is 2.99. The number of hydrogen-bond acceptors (Lipinski definition) is 4. The second-order valence-corrected chi connectivity index (χ2v) is 7.14. The first kappa shape index (κ1) is 12.7. The van der Waals surface area contributed by atoms with Gasteiger partial charge in [-0.25, -0.2) is 4.98 Å². The van der Waals surface area contributed by atoms with Crippen molar-refractivity contribution >= 4 is 22.1 Å². The Kier molecular flexibility index (Phi) is 3.19. The molecule has 0 amide bonds. The van der Waals surface area contributed by atoms with Crippen molar-refractivity contribution in [3.63, 3.8) is 0 Å². The van der Waals surface area contributed by atoms with Crippen LogP contribution in [0.3, 0.4) is 0 Å². The average molecular weight is 290 g/mol. The van der Waals surface area contributed by atoms with Crippen molar-refractivity contribution in [2.45, 2.75) is 45.2 Å². The smallest absolute Gasteiger partial charge is 0.195 e. The predicted octanol–water partition coefficient (Wildman–Crippen LogP) is 2.88. The topological polar surface area (TPSA) is 32.6 Å². The molecule has 1 saturated carbocycles. The van der Waals surface area contributed by atoms with E-state index in [9.17, 15) is 0 Å². The molecule has 0 bridgehead atoms. The molecule has 3 heterocycles. The molecular weight excluding hydrogens is 268 g/mol. The summed E-state index contributed by atoms with van der Waals surface area (Å²) in [4.78, 5) is 8.51. The first-order chi connectivity index (χ1) is 9.81. The van der Waals surface area contributed by atoms with Gasteiger partial charge in [0, 0.05) is 37.3 Å². The van der Waals surface area contributed by atoms with Crippen LogP contribution in [0.4, 0.5) is 5.82 Å². The monoisotopic (exact) mass is 290 g/mol. The normalized spacial score (nSPS) is 20.9. The van der Waals surface area contributed by atoms with Crippen molar-refractivity contribution in [3.8, 4) is 0 Å². The van der Waals surface area contributed by atoms with Crippen molar-refractivity contribution in [1.82, 2.24) is 14.7 Å². The lowest BCUT2D eigenvalue weighted by molar-refractivity contribution is 0.436. The standard InChI is InChI=1S/C15H22N4S/c1-11-4-6-18(7-5-11)14-13(10-16-12-2-3-12)19-8-9-20-15(19)17-14/h8-9,11-12,16H,2-7,10H2,1H3. The molecule has 2 aliphatic rings. The van der Waals surface area contributed by atoms with Crippen LogP contribution in [-0.2, 0) is 6.54 Å². The van der Waals surface area contributed by atoms with E-state index in [0.717, 1.165) is 36.6 Å². The molecule has 0 spiro atoms. The molecule has 4 rings (SSSR count). The third kappa shape index (κ3) is 2.33. The number of rotatable bonds is 4. The van der Waals surface area contributed by atoms with Gasteiger partial charge in [-0.05, 0) is 31.6 Å². The molecule has 20 heavy (non-hydrogen) atoms. The summed E-state index contributed by atoms with van der Waals surface area (Å²) in [6.07, 6.45) is 7.42. The highest BCUT2D eigenvalue weighted by atomic mass is 32.1. The molecule has 2 aromatic heterocycles. The summed E-state index contributed by atoms with van der Waals surface area (Å²) in [5, 5.41) is 5.78. The zero-order valence-corrected chi connectivity index (χ0v) is 12.8. The van der Waals surface area contributed by atoms with Crippen LogP contribution in [0.1, 0.15) is 38.3 Å². The molecule has 1 aliphatic carbocycles. The van der Waals surface area contributed by atoms with Gasteiger partial charge >= 0.3 is 0 Å². The van der Waals surface area contributed by atoms with E-state index in [2.05, 4.69) is 33.1 Å². The van der Waals surface area contributed by atoms with Gasteiger partial charge in [0.1, 0.15) is 0 Å². The van der Waals surface area contributed by atoms with Gasteiger partial charge in [0.2, 0.25) is 0 Å². The van der Waals surface area contributed by atoms with Crippen LogP contribution in [0.15, 0.2) is 11.6 Å². The first-order valence-electron chi connectivity index (χ1n) is 7.74. The third-order valence-corrected chi connectivity index (χ3v) is 5.32. The Morgan fingerprint density at radius 3 is 2.85 bits per heavy atom. The van der Waals surface area contributed by atoms with E-state index in [4.69, 9.17) is 4.98 Å². The van der Waals surface area contributed by atoms with Gasteiger partial charge < -0.3 is 10.2 Å². The Morgan fingerprint density at radius 1 is 1.30 bits per heavy atom. The van der Waals surface area contributed by atoms with Crippen molar-refractivity contribution in [1.29, 1.82) is 0 Å². The van der Waals surface area contributed by atoms with E-state index in [1.165, 1.54) is 37.2 Å². The van der Waals surface area contributed by atoms with E-state index < -0.39 is 0 Å². The van der Waals surface area contributed by atoms with Crippen molar-refractivity contribution in [3.05, 3.63) is 17.3 Å². The third-order valence-electron chi connectivity index (χ3n) is 4.56. The summed E-state index contributed by atoms with van der Waals surface area (Å²) in [5.41, 5.74) is 1.35.